The van der Waals surface area contributed by atoms with Crippen LogP contribution in [-0.2, 0) is 11.2 Å². The van der Waals surface area contributed by atoms with E-state index < -0.39 is 5.92 Å². The van der Waals surface area contributed by atoms with Crippen LogP contribution in [-0.4, -0.2) is 16.1 Å². The van der Waals surface area contributed by atoms with E-state index in [9.17, 15) is 4.79 Å². The first-order valence-corrected chi connectivity index (χ1v) is 8.25. The highest BCUT2D eigenvalue weighted by molar-refractivity contribution is 5.98. The number of ether oxygens (including phenoxy) is 1. The van der Waals surface area contributed by atoms with Crippen molar-refractivity contribution in [1.82, 2.24) is 10.2 Å². The first kappa shape index (κ1) is 15.4. The van der Waals surface area contributed by atoms with Crippen LogP contribution in [0.3, 0.4) is 0 Å². The van der Waals surface area contributed by atoms with Crippen molar-refractivity contribution in [2.24, 2.45) is 0 Å². The molecular weight excluding hydrogens is 318 g/mol. The second-order valence-corrected chi connectivity index (χ2v) is 5.85. The number of carbonyl (C=O) groups excluding carboxylic acids is 1. The molecule has 0 atom stereocenters. The van der Waals surface area contributed by atoms with Gasteiger partial charge in [-0.3, -0.25) is 10.1 Å². The average molecular weight is 335 g/mol. The Bertz CT molecular complexity index is 874. The Labute approximate surface area is 144 Å². The number of para-hydroxylation sites is 2. The first-order valence-electron chi connectivity index (χ1n) is 8.25. The van der Waals surface area contributed by atoms with E-state index in [1.54, 1.807) is 0 Å². The molecule has 0 spiro atoms. The number of anilines is 1. The summed E-state index contributed by atoms with van der Waals surface area (Å²) in [7, 11) is 0. The Balaban J connectivity index is 1.67. The highest BCUT2D eigenvalue weighted by Crippen LogP contribution is 2.44. The van der Waals surface area contributed by atoms with Crippen molar-refractivity contribution in [3.8, 4) is 11.5 Å². The molecule has 3 aromatic rings. The quantitative estimate of drug-likeness (QED) is 0.782. The number of hydrogen-bond acceptors (Lipinski definition) is 5. The summed E-state index contributed by atoms with van der Waals surface area (Å²) in [5.41, 5.74) is 1.62. The third kappa shape index (κ3) is 2.87. The predicted octanol–water partition coefficient (Wildman–Crippen LogP) is 3.90. The van der Waals surface area contributed by atoms with Crippen LogP contribution in [0.5, 0.6) is 11.5 Å². The molecule has 126 valence electrons. The lowest BCUT2D eigenvalue weighted by Crippen LogP contribution is -2.25. The number of nitrogens with one attached hydrogen (secondary N) is 1. The molecule has 0 unspecified atom stereocenters. The Hall–Kier alpha value is -3.15. The van der Waals surface area contributed by atoms with Crippen LogP contribution in [0.2, 0.25) is 0 Å². The molecule has 1 aliphatic rings. The highest BCUT2D eigenvalue weighted by atomic mass is 16.5. The molecule has 1 amide bonds. The van der Waals surface area contributed by atoms with Crippen molar-refractivity contribution in [3.63, 3.8) is 0 Å². The monoisotopic (exact) mass is 335 g/mol. The highest BCUT2D eigenvalue weighted by Gasteiger charge is 2.33. The minimum atomic E-state index is -0.498. The molecule has 0 radical (unpaired) electrons. The maximum absolute atomic E-state index is 13.0. The summed E-state index contributed by atoms with van der Waals surface area (Å²) in [4.78, 5) is 13.0. The van der Waals surface area contributed by atoms with Gasteiger partial charge < -0.3 is 9.15 Å². The number of benzene rings is 2. The molecule has 6 nitrogen and oxygen atoms in total. The van der Waals surface area contributed by atoms with E-state index in [1.807, 2.05) is 55.5 Å². The number of aromatic nitrogens is 2. The molecule has 0 bridgehead atoms. The minimum absolute atomic E-state index is 0.120. The van der Waals surface area contributed by atoms with Gasteiger partial charge in [0.05, 0.1) is 5.92 Å². The van der Waals surface area contributed by atoms with Crippen molar-refractivity contribution >= 4 is 11.9 Å². The molecule has 0 fully saturated rings. The van der Waals surface area contributed by atoms with Gasteiger partial charge in [-0.15, -0.1) is 5.10 Å². The summed E-state index contributed by atoms with van der Waals surface area (Å²) in [6.45, 7) is 2.03. The topological polar surface area (TPSA) is 77.2 Å². The molecule has 1 aliphatic heterocycles. The minimum Gasteiger partial charge on any atom is -0.457 e. The van der Waals surface area contributed by atoms with Crippen LogP contribution in [0.25, 0.3) is 0 Å². The summed E-state index contributed by atoms with van der Waals surface area (Å²) < 4.78 is 11.4. The van der Waals surface area contributed by atoms with Crippen LogP contribution in [0.1, 0.15) is 36.3 Å². The maximum atomic E-state index is 13.0. The van der Waals surface area contributed by atoms with Gasteiger partial charge in [0.15, 0.2) is 0 Å². The van der Waals surface area contributed by atoms with E-state index in [0.29, 0.717) is 23.8 Å². The van der Waals surface area contributed by atoms with Gasteiger partial charge in [0.1, 0.15) is 11.5 Å². The summed E-state index contributed by atoms with van der Waals surface area (Å²) in [6, 6.07) is 15.2. The second kappa shape index (κ2) is 6.39. The third-order valence-corrected chi connectivity index (χ3v) is 4.10. The van der Waals surface area contributed by atoms with Crippen LogP contribution in [0, 0.1) is 0 Å². The molecule has 2 aromatic carbocycles. The molecule has 4 rings (SSSR count). The summed E-state index contributed by atoms with van der Waals surface area (Å²) >= 11 is 0. The van der Waals surface area contributed by atoms with Crippen molar-refractivity contribution < 1.29 is 13.9 Å². The number of amides is 1. The Morgan fingerprint density at radius 2 is 1.68 bits per heavy atom. The summed E-state index contributed by atoms with van der Waals surface area (Å²) in [5.74, 6) is 1.15. The molecule has 6 heteroatoms. The van der Waals surface area contributed by atoms with Crippen molar-refractivity contribution in [1.29, 1.82) is 0 Å². The van der Waals surface area contributed by atoms with Crippen molar-refractivity contribution in [2.75, 3.05) is 5.32 Å². The molecule has 25 heavy (non-hydrogen) atoms. The molecule has 0 saturated carbocycles. The lowest BCUT2D eigenvalue weighted by molar-refractivity contribution is -0.117. The van der Waals surface area contributed by atoms with E-state index >= 15 is 0 Å². The van der Waals surface area contributed by atoms with E-state index in [1.165, 1.54) is 0 Å². The van der Waals surface area contributed by atoms with Gasteiger partial charge >= 0.3 is 6.01 Å². The fraction of sp³-hybridized carbons (Fsp3) is 0.211. The molecule has 2 heterocycles. The number of rotatable bonds is 4. The lowest BCUT2D eigenvalue weighted by Gasteiger charge is -2.26. The number of carbonyl (C=O) groups is 1. The zero-order chi connectivity index (χ0) is 17.2. The normalized spacial score (nSPS) is 12.8. The Morgan fingerprint density at radius 1 is 1.04 bits per heavy atom. The first-order chi connectivity index (χ1) is 12.3. The van der Waals surface area contributed by atoms with Gasteiger partial charge in [0.2, 0.25) is 11.8 Å². The molecule has 0 aliphatic carbocycles. The van der Waals surface area contributed by atoms with Gasteiger partial charge in [0.25, 0.3) is 0 Å². The van der Waals surface area contributed by atoms with Gasteiger partial charge in [-0.05, 0) is 18.6 Å². The van der Waals surface area contributed by atoms with Crippen LogP contribution < -0.4 is 10.1 Å². The van der Waals surface area contributed by atoms with Crippen molar-refractivity contribution in [2.45, 2.75) is 25.7 Å². The fourth-order valence-corrected chi connectivity index (χ4v) is 2.99. The van der Waals surface area contributed by atoms with Gasteiger partial charge in [0, 0.05) is 17.5 Å². The Morgan fingerprint density at radius 3 is 2.32 bits per heavy atom. The lowest BCUT2D eigenvalue weighted by atomic mass is 9.87. The zero-order valence-corrected chi connectivity index (χ0v) is 13.7. The van der Waals surface area contributed by atoms with E-state index in [0.717, 1.165) is 17.5 Å². The largest absolute Gasteiger partial charge is 0.457 e. The van der Waals surface area contributed by atoms with Crippen LogP contribution in [0.15, 0.2) is 52.9 Å². The number of nitrogens with zero attached hydrogens (tertiary/aromatic N) is 2. The molecule has 1 aromatic heterocycles. The second-order valence-electron chi connectivity index (χ2n) is 5.85. The Kier molecular flexibility index (Phi) is 3.93. The molecule has 0 saturated heterocycles. The summed E-state index contributed by atoms with van der Waals surface area (Å²) in [5, 5.41) is 10.6. The van der Waals surface area contributed by atoms with Gasteiger partial charge in [-0.25, -0.2) is 0 Å². The number of hydrogen-bond donors (Lipinski definition) is 1. The number of aryl methyl sites for hydroxylation is 1. The smallest absolute Gasteiger partial charge is 0.322 e. The van der Waals surface area contributed by atoms with E-state index in [4.69, 9.17) is 9.15 Å². The van der Waals surface area contributed by atoms with Crippen LogP contribution >= 0.6 is 0 Å². The zero-order valence-electron chi connectivity index (χ0n) is 13.7. The maximum Gasteiger partial charge on any atom is 0.322 e. The predicted molar refractivity (Wildman–Crippen MR) is 91.7 cm³/mol. The van der Waals surface area contributed by atoms with Crippen LogP contribution in [0.4, 0.5) is 6.01 Å². The standard InChI is InChI=1S/C19H17N3O3/c1-2-7-16-21-22-19(25-16)20-18(23)17-12-8-3-5-10-14(12)24-15-11-6-4-9-13(15)17/h3-6,8-11,17H,2,7H2,1H3,(H,20,22,23). The SMILES string of the molecule is CCCc1nnc(NC(=O)C2c3ccccc3Oc3ccccc32)o1. The fourth-order valence-electron chi connectivity index (χ4n) is 2.99. The molecule has 1 N–H and O–H groups in total. The number of fused-ring (bicyclic) bond motifs is 2. The van der Waals surface area contributed by atoms with E-state index in [2.05, 4.69) is 15.5 Å². The van der Waals surface area contributed by atoms with E-state index in [-0.39, 0.29) is 11.9 Å². The van der Waals surface area contributed by atoms with Gasteiger partial charge in [-0.1, -0.05) is 48.4 Å². The van der Waals surface area contributed by atoms with Crippen molar-refractivity contribution in [3.05, 3.63) is 65.5 Å². The average Bonchev–Trinajstić information content (AvgIpc) is 3.06. The molecular formula is C19H17N3O3. The third-order valence-electron chi connectivity index (χ3n) is 4.10. The van der Waals surface area contributed by atoms with Gasteiger partial charge in [-0.2, -0.15) is 0 Å². The summed E-state index contributed by atoms with van der Waals surface area (Å²) in [6.07, 6.45) is 1.59.